The molecule has 0 heterocycles. The Kier molecular flexibility index (Phi) is 17.1. The van der Waals surface area contributed by atoms with Crippen molar-refractivity contribution >= 4 is 47.3 Å². The lowest BCUT2D eigenvalue weighted by Crippen LogP contribution is -2.58. The zero-order chi connectivity index (χ0) is 33.4. The molecule has 0 aliphatic heterocycles. The van der Waals surface area contributed by atoms with E-state index >= 15 is 0 Å². The van der Waals surface area contributed by atoms with Gasteiger partial charge in [0, 0.05) is 6.42 Å². The second kappa shape index (κ2) is 19.6. The molecule has 0 saturated carbocycles. The number of hydrogen-bond acceptors (Lipinski definition) is 8. The second-order valence-electron chi connectivity index (χ2n) is 11.4. The monoisotopic (exact) mass is 636 g/mol. The maximum Gasteiger partial charge on any atom is 0.326 e. The molecule has 1 aromatic carbocycles. The number of carboxylic acids is 1. The third-order valence-electron chi connectivity index (χ3n) is 6.58. The summed E-state index contributed by atoms with van der Waals surface area (Å²) in [6.45, 7) is 8.16. The molecule has 0 radical (unpaired) electrons. The Morgan fingerprint density at radius 1 is 0.795 bits per heavy atom. The summed E-state index contributed by atoms with van der Waals surface area (Å²) in [5.74, 6) is -4.05. The Hall–Kier alpha value is -3.65. The molecular formula is C30H48N6O7S. The molecule has 0 aliphatic carbocycles. The topological polar surface area (TPSA) is 209 Å². The number of nitrogens with two attached hydrogens (primary N) is 1. The third-order valence-corrected chi connectivity index (χ3v) is 7.23. The normalized spacial score (nSPS) is 14.5. The average molecular weight is 637 g/mol. The first kappa shape index (κ1) is 38.4. The zero-order valence-electron chi connectivity index (χ0n) is 26.3. The Labute approximate surface area is 263 Å². The molecule has 0 fully saturated rings. The van der Waals surface area contributed by atoms with Gasteiger partial charge in [-0.2, -0.15) is 11.8 Å². The summed E-state index contributed by atoms with van der Waals surface area (Å²) in [7, 11) is 0. The molecule has 0 spiro atoms. The minimum atomic E-state index is -1.17. The molecule has 1 rings (SSSR count). The van der Waals surface area contributed by atoms with Gasteiger partial charge in [-0.15, -0.1) is 0 Å². The average Bonchev–Trinajstić information content (AvgIpc) is 2.95. The van der Waals surface area contributed by atoms with Crippen LogP contribution in [0.5, 0.6) is 0 Å². The lowest BCUT2D eigenvalue weighted by molar-refractivity contribution is -0.142. The maximum absolute atomic E-state index is 13.3. The van der Waals surface area contributed by atoms with Crippen LogP contribution in [0.25, 0.3) is 0 Å². The van der Waals surface area contributed by atoms with E-state index < -0.39 is 72.3 Å². The molecule has 0 unspecified atom stereocenters. The Balaban J connectivity index is 2.91. The molecule has 246 valence electrons. The van der Waals surface area contributed by atoms with Crippen LogP contribution in [0.3, 0.4) is 0 Å². The van der Waals surface area contributed by atoms with Gasteiger partial charge in [0.15, 0.2) is 0 Å². The molecule has 5 atom stereocenters. The van der Waals surface area contributed by atoms with Crippen molar-refractivity contribution in [3.8, 4) is 0 Å². The highest BCUT2D eigenvalue weighted by Crippen LogP contribution is 2.09. The summed E-state index contributed by atoms with van der Waals surface area (Å²) in [6.07, 6.45) is 2.47. The van der Waals surface area contributed by atoms with Crippen molar-refractivity contribution in [2.24, 2.45) is 17.6 Å². The lowest BCUT2D eigenvalue weighted by Gasteiger charge is -2.26. The SMILES string of the molecule is CSCC[C@H](NC(=O)[C@H](CC(C)C)NC(=O)CNC(=O)[C@@H](NC(=O)[C@H](Cc1ccccc1)NC(=O)[C@H](C)N)C(C)C)C(=O)O. The number of benzene rings is 1. The first-order valence-electron chi connectivity index (χ1n) is 14.7. The van der Waals surface area contributed by atoms with Crippen molar-refractivity contribution < 1.29 is 33.9 Å². The van der Waals surface area contributed by atoms with E-state index in [0.29, 0.717) is 5.75 Å². The van der Waals surface area contributed by atoms with Crippen LogP contribution >= 0.6 is 11.8 Å². The van der Waals surface area contributed by atoms with E-state index in [1.807, 2.05) is 38.3 Å². The van der Waals surface area contributed by atoms with Crippen LogP contribution in [0.1, 0.15) is 53.0 Å². The summed E-state index contributed by atoms with van der Waals surface area (Å²) in [5.41, 5.74) is 6.47. The Morgan fingerprint density at radius 2 is 1.39 bits per heavy atom. The van der Waals surface area contributed by atoms with Gasteiger partial charge >= 0.3 is 5.97 Å². The predicted octanol–water partition coefficient (Wildman–Crippen LogP) is 0.172. The van der Waals surface area contributed by atoms with Crippen LogP contribution in [0.2, 0.25) is 0 Å². The number of nitrogens with one attached hydrogen (secondary N) is 5. The van der Waals surface area contributed by atoms with Crippen LogP contribution in [0.15, 0.2) is 30.3 Å². The lowest BCUT2D eigenvalue weighted by atomic mass is 10.0. The maximum atomic E-state index is 13.3. The number of amides is 5. The minimum Gasteiger partial charge on any atom is -0.480 e. The van der Waals surface area contributed by atoms with E-state index in [9.17, 15) is 33.9 Å². The molecule has 0 aliphatic rings. The van der Waals surface area contributed by atoms with Gasteiger partial charge in [-0.05, 0) is 49.2 Å². The molecule has 1 aromatic rings. The minimum absolute atomic E-state index is 0.00207. The fraction of sp³-hybridized carbons (Fsp3) is 0.600. The van der Waals surface area contributed by atoms with E-state index in [1.165, 1.54) is 18.7 Å². The quantitative estimate of drug-likeness (QED) is 0.110. The molecule has 14 heteroatoms. The highest BCUT2D eigenvalue weighted by molar-refractivity contribution is 7.98. The van der Waals surface area contributed by atoms with Gasteiger partial charge < -0.3 is 37.4 Å². The van der Waals surface area contributed by atoms with E-state index in [-0.39, 0.29) is 31.1 Å². The number of thioether (sulfide) groups is 1. The Morgan fingerprint density at radius 3 is 1.91 bits per heavy atom. The molecule has 0 bridgehead atoms. The van der Waals surface area contributed by atoms with Crippen LogP contribution < -0.4 is 32.3 Å². The van der Waals surface area contributed by atoms with Gasteiger partial charge in [-0.1, -0.05) is 58.0 Å². The molecule has 8 N–H and O–H groups in total. The van der Waals surface area contributed by atoms with E-state index in [2.05, 4.69) is 26.6 Å². The number of hydrogen-bond donors (Lipinski definition) is 7. The van der Waals surface area contributed by atoms with Crippen LogP contribution in [0.4, 0.5) is 0 Å². The van der Waals surface area contributed by atoms with Gasteiger partial charge in [0.2, 0.25) is 29.5 Å². The van der Waals surface area contributed by atoms with Gasteiger partial charge in [-0.3, -0.25) is 24.0 Å². The van der Waals surface area contributed by atoms with Crippen molar-refractivity contribution in [2.45, 2.75) is 84.1 Å². The number of aliphatic carboxylic acids is 1. The van der Waals surface area contributed by atoms with Crippen LogP contribution in [-0.2, 0) is 35.2 Å². The second-order valence-corrected chi connectivity index (χ2v) is 12.4. The van der Waals surface area contributed by atoms with Gasteiger partial charge in [-0.25, -0.2) is 4.79 Å². The summed E-state index contributed by atoms with van der Waals surface area (Å²) in [5, 5.41) is 22.3. The molecular weight excluding hydrogens is 588 g/mol. The van der Waals surface area contributed by atoms with Crippen molar-refractivity contribution in [3.05, 3.63) is 35.9 Å². The van der Waals surface area contributed by atoms with E-state index in [0.717, 1.165) is 5.56 Å². The van der Waals surface area contributed by atoms with Gasteiger partial charge in [0.1, 0.15) is 24.2 Å². The van der Waals surface area contributed by atoms with E-state index in [1.54, 1.807) is 26.0 Å². The van der Waals surface area contributed by atoms with Crippen molar-refractivity contribution in [2.75, 3.05) is 18.6 Å². The van der Waals surface area contributed by atoms with E-state index in [4.69, 9.17) is 5.73 Å². The first-order chi connectivity index (χ1) is 20.7. The number of rotatable bonds is 19. The van der Waals surface area contributed by atoms with Crippen LogP contribution in [0, 0.1) is 11.8 Å². The highest BCUT2D eigenvalue weighted by Gasteiger charge is 2.31. The summed E-state index contributed by atoms with van der Waals surface area (Å²) >= 11 is 1.45. The first-order valence-corrected chi connectivity index (χ1v) is 16.0. The largest absolute Gasteiger partial charge is 0.480 e. The molecule has 13 nitrogen and oxygen atoms in total. The third kappa shape index (κ3) is 14.2. The summed E-state index contributed by atoms with van der Waals surface area (Å²) in [6, 6.07) is 4.05. The number of carbonyl (C=O) groups is 6. The number of carboxylic acid groups (broad SMARTS) is 1. The smallest absolute Gasteiger partial charge is 0.326 e. The standard InChI is InChI=1S/C30H48N6O7S/c1-17(2)14-22(27(39)34-21(30(42)43)12-13-44-6)33-24(37)16-32-29(41)25(18(3)4)36-28(40)23(35-26(38)19(5)31)15-20-10-8-7-9-11-20/h7-11,17-19,21-23,25H,12-16,31H2,1-6H3,(H,32,41)(H,33,37)(H,34,39)(H,35,38)(H,36,40)(H,42,43)/t19-,21-,22-,23-,25-/m0/s1. The fourth-order valence-corrected chi connectivity index (χ4v) is 4.61. The molecule has 0 saturated heterocycles. The summed E-state index contributed by atoms with van der Waals surface area (Å²) < 4.78 is 0. The van der Waals surface area contributed by atoms with Crippen LogP contribution in [-0.4, -0.2) is 89.4 Å². The van der Waals surface area contributed by atoms with Crippen molar-refractivity contribution in [3.63, 3.8) is 0 Å². The van der Waals surface area contributed by atoms with Crippen molar-refractivity contribution in [1.82, 2.24) is 26.6 Å². The van der Waals surface area contributed by atoms with Gasteiger partial charge in [0.05, 0.1) is 12.6 Å². The van der Waals surface area contributed by atoms with Gasteiger partial charge in [0.25, 0.3) is 0 Å². The summed E-state index contributed by atoms with van der Waals surface area (Å²) in [4.78, 5) is 75.9. The zero-order valence-corrected chi connectivity index (χ0v) is 27.2. The molecule has 0 aromatic heterocycles. The number of carbonyl (C=O) groups excluding carboxylic acids is 5. The molecule has 44 heavy (non-hydrogen) atoms. The molecule has 5 amide bonds. The van der Waals surface area contributed by atoms with Crippen molar-refractivity contribution in [1.29, 1.82) is 0 Å². The fourth-order valence-electron chi connectivity index (χ4n) is 4.14. The highest BCUT2D eigenvalue weighted by atomic mass is 32.2. The Bertz CT molecular complexity index is 1120. The predicted molar refractivity (Wildman–Crippen MR) is 169 cm³/mol.